The van der Waals surface area contributed by atoms with Gasteiger partial charge in [-0.25, -0.2) is 0 Å². The Hall–Kier alpha value is -1.81. The highest BCUT2D eigenvalue weighted by Crippen LogP contribution is 2.16. The molecule has 1 aromatic heterocycles. The molecule has 0 saturated carbocycles. The average molecular weight is 252 g/mol. The summed E-state index contributed by atoms with van der Waals surface area (Å²) in [7, 11) is 0. The highest BCUT2D eigenvalue weighted by molar-refractivity contribution is 6.11. The van der Waals surface area contributed by atoms with Crippen molar-refractivity contribution in [2.24, 2.45) is 0 Å². The number of nitrogens with one attached hydrogen (secondary N) is 1. The summed E-state index contributed by atoms with van der Waals surface area (Å²) in [6.45, 7) is 3.99. The number of anilines is 1. The Bertz CT molecular complexity index is 548. The molecule has 1 aromatic carbocycles. The molecule has 0 aliphatic heterocycles. The van der Waals surface area contributed by atoms with Crippen molar-refractivity contribution in [1.82, 2.24) is 10.2 Å². The van der Waals surface area contributed by atoms with Crippen LogP contribution in [-0.4, -0.2) is 16.0 Å². The number of carbonyl (C=O) groups excluding carboxylic acids is 1. The van der Waals surface area contributed by atoms with Crippen LogP contribution in [0, 0.1) is 13.8 Å². The standard InChI is InChI=1S/C12H13N3O.ClH/c1-7-3-4-9(5-8(7)2)11(16)10-6-14-15-12(10)13;/h3-6H,1-2H3,(H3,13,14,15);1H. The number of nitrogens with zero attached hydrogens (tertiary/aromatic N) is 1. The van der Waals surface area contributed by atoms with E-state index >= 15 is 0 Å². The van der Waals surface area contributed by atoms with Crippen molar-refractivity contribution in [2.75, 3.05) is 5.73 Å². The Kier molecular flexibility index (Phi) is 3.91. The predicted molar refractivity (Wildman–Crippen MR) is 69.6 cm³/mol. The number of nitrogens with two attached hydrogens (primary N) is 1. The predicted octanol–water partition coefficient (Wildman–Crippen LogP) is 2.26. The van der Waals surface area contributed by atoms with Crippen LogP contribution in [0.5, 0.6) is 0 Å². The van der Waals surface area contributed by atoms with Crippen molar-refractivity contribution in [3.63, 3.8) is 0 Å². The van der Waals surface area contributed by atoms with E-state index in [0.717, 1.165) is 11.1 Å². The Morgan fingerprint density at radius 3 is 2.53 bits per heavy atom. The first-order valence-corrected chi connectivity index (χ1v) is 5.00. The summed E-state index contributed by atoms with van der Waals surface area (Å²) in [5.41, 5.74) is 8.92. The van der Waals surface area contributed by atoms with Gasteiger partial charge < -0.3 is 5.73 Å². The third-order valence-electron chi connectivity index (χ3n) is 2.68. The molecule has 0 unspecified atom stereocenters. The number of nitrogen functional groups attached to an aromatic ring is 1. The number of ketones is 1. The lowest BCUT2D eigenvalue weighted by molar-refractivity contribution is 0.103. The van der Waals surface area contributed by atoms with E-state index in [1.54, 1.807) is 6.07 Å². The molecule has 0 aliphatic carbocycles. The second-order valence-corrected chi connectivity index (χ2v) is 3.83. The second kappa shape index (κ2) is 5.01. The van der Waals surface area contributed by atoms with E-state index in [0.29, 0.717) is 16.9 Å². The first-order valence-electron chi connectivity index (χ1n) is 5.00. The molecule has 0 aliphatic rings. The highest BCUT2D eigenvalue weighted by Gasteiger charge is 2.14. The second-order valence-electron chi connectivity index (χ2n) is 3.83. The van der Waals surface area contributed by atoms with Crippen molar-refractivity contribution >= 4 is 24.0 Å². The summed E-state index contributed by atoms with van der Waals surface area (Å²) < 4.78 is 0. The number of rotatable bonds is 2. The fraction of sp³-hybridized carbons (Fsp3) is 0.167. The minimum atomic E-state index is -0.102. The fourth-order valence-corrected chi connectivity index (χ4v) is 1.52. The van der Waals surface area contributed by atoms with Gasteiger partial charge in [-0.2, -0.15) is 5.10 Å². The van der Waals surface area contributed by atoms with Gasteiger partial charge >= 0.3 is 0 Å². The molecule has 17 heavy (non-hydrogen) atoms. The molecule has 0 bridgehead atoms. The van der Waals surface area contributed by atoms with Crippen molar-refractivity contribution in [3.05, 3.63) is 46.6 Å². The van der Waals surface area contributed by atoms with Crippen molar-refractivity contribution in [1.29, 1.82) is 0 Å². The number of benzene rings is 1. The molecule has 0 amide bonds. The maximum atomic E-state index is 12.1. The van der Waals surface area contributed by atoms with Crippen molar-refractivity contribution in [2.45, 2.75) is 13.8 Å². The van der Waals surface area contributed by atoms with Crippen LogP contribution in [0.1, 0.15) is 27.0 Å². The van der Waals surface area contributed by atoms with Gasteiger partial charge in [0.25, 0.3) is 0 Å². The topological polar surface area (TPSA) is 71.8 Å². The smallest absolute Gasteiger partial charge is 0.198 e. The van der Waals surface area contributed by atoms with Crippen LogP contribution < -0.4 is 5.73 Å². The van der Waals surface area contributed by atoms with Gasteiger partial charge in [0.1, 0.15) is 5.82 Å². The van der Waals surface area contributed by atoms with Gasteiger partial charge in [0, 0.05) is 5.56 Å². The fourth-order valence-electron chi connectivity index (χ4n) is 1.52. The third-order valence-corrected chi connectivity index (χ3v) is 2.68. The molecule has 0 radical (unpaired) electrons. The Morgan fingerprint density at radius 2 is 2.00 bits per heavy atom. The summed E-state index contributed by atoms with van der Waals surface area (Å²) in [6.07, 6.45) is 1.45. The Balaban J connectivity index is 0.00000144. The molecular formula is C12H14ClN3O. The summed E-state index contributed by atoms with van der Waals surface area (Å²) in [5.74, 6) is 0.206. The zero-order valence-electron chi connectivity index (χ0n) is 9.65. The zero-order chi connectivity index (χ0) is 11.7. The largest absolute Gasteiger partial charge is 0.383 e. The SMILES string of the molecule is Cc1ccc(C(=O)c2cn[nH]c2N)cc1C.Cl. The Morgan fingerprint density at radius 1 is 1.29 bits per heavy atom. The molecule has 0 fully saturated rings. The minimum absolute atomic E-state index is 0. The van der Waals surface area contributed by atoms with Crippen LogP contribution in [0.15, 0.2) is 24.4 Å². The van der Waals surface area contributed by atoms with E-state index in [1.807, 2.05) is 26.0 Å². The third kappa shape index (κ3) is 2.47. The minimum Gasteiger partial charge on any atom is -0.383 e. The van der Waals surface area contributed by atoms with Gasteiger partial charge in [0.05, 0.1) is 11.8 Å². The molecule has 1 heterocycles. The molecule has 0 saturated heterocycles. The molecule has 2 rings (SSSR count). The van der Waals surface area contributed by atoms with Crippen LogP contribution in [0.2, 0.25) is 0 Å². The van der Waals surface area contributed by atoms with Gasteiger partial charge in [0.2, 0.25) is 0 Å². The van der Waals surface area contributed by atoms with E-state index in [4.69, 9.17) is 5.73 Å². The summed E-state index contributed by atoms with van der Waals surface area (Å²) in [6, 6.07) is 5.60. The molecule has 0 atom stereocenters. The number of aromatic amines is 1. The maximum absolute atomic E-state index is 12.1. The van der Waals surface area contributed by atoms with Gasteiger partial charge in [-0.05, 0) is 31.0 Å². The number of hydrogen-bond donors (Lipinski definition) is 2. The van der Waals surface area contributed by atoms with Crippen LogP contribution in [0.25, 0.3) is 0 Å². The number of carbonyl (C=O) groups is 1. The highest BCUT2D eigenvalue weighted by atomic mass is 35.5. The van der Waals surface area contributed by atoms with E-state index in [1.165, 1.54) is 6.20 Å². The average Bonchev–Trinajstić information content (AvgIpc) is 2.67. The van der Waals surface area contributed by atoms with Gasteiger partial charge in [0.15, 0.2) is 5.78 Å². The quantitative estimate of drug-likeness (QED) is 0.805. The van der Waals surface area contributed by atoms with Crippen LogP contribution in [-0.2, 0) is 0 Å². The van der Waals surface area contributed by atoms with E-state index < -0.39 is 0 Å². The lowest BCUT2D eigenvalue weighted by atomic mass is 10.0. The zero-order valence-corrected chi connectivity index (χ0v) is 10.5. The first-order chi connectivity index (χ1) is 7.59. The number of halogens is 1. The van der Waals surface area contributed by atoms with Crippen LogP contribution >= 0.6 is 12.4 Å². The van der Waals surface area contributed by atoms with Crippen molar-refractivity contribution < 1.29 is 4.79 Å². The van der Waals surface area contributed by atoms with E-state index in [-0.39, 0.29) is 18.2 Å². The van der Waals surface area contributed by atoms with Gasteiger partial charge in [-0.3, -0.25) is 9.89 Å². The summed E-state index contributed by atoms with van der Waals surface area (Å²) in [5, 5.41) is 6.29. The Labute approximate surface area is 106 Å². The molecule has 0 spiro atoms. The van der Waals surface area contributed by atoms with Crippen LogP contribution in [0.3, 0.4) is 0 Å². The number of H-pyrrole nitrogens is 1. The summed E-state index contributed by atoms with van der Waals surface area (Å²) in [4.78, 5) is 12.1. The first kappa shape index (κ1) is 13.3. The number of hydrogen-bond acceptors (Lipinski definition) is 3. The summed E-state index contributed by atoms with van der Waals surface area (Å²) >= 11 is 0. The molecule has 3 N–H and O–H groups in total. The molecule has 5 heteroatoms. The maximum Gasteiger partial charge on any atom is 0.198 e. The van der Waals surface area contributed by atoms with E-state index in [2.05, 4.69) is 10.2 Å². The van der Waals surface area contributed by atoms with Crippen molar-refractivity contribution in [3.8, 4) is 0 Å². The monoisotopic (exact) mass is 251 g/mol. The molecule has 4 nitrogen and oxygen atoms in total. The molecule has 2 aromatic rings. The van der Waals surface area contributed by atoms with E-state index in [9.17, 15) is 4.79 Å². The molecule has 90 valence electrons. The molecular weight excluding hydrogens is 238 g/mol. The van der Waals surface area contributed by atoms with Gasteiger partial charge in [-0.1, -0.05) is 12.1 Å². The van der Waals surface area contributed by atoms with Crippen LogP contribution in [0.4, 0.5) is 5.82 Å². The number of aromatic nitrogens is 2. The normalized spacial score (nSPS) is 9.76. The lowest BCUT2D eigenvalue weighted by Crippen LogP contribution is -2.04. The number of aryl methyl sites for hydroxylation is 2. The lowest BCUT2D eigenvalue weighted by Gasteiger charge is -2.03. The van der Waals surface area contributed by atoms with Gasteiger partial charge in [-0.15, -0.1) is 12.4 Å².